The summed E-state index contributed by atoms with van der Waals surface area (Å²) in [6.07, 6.45) is 0. The highest BCUT2D eigenvalue weighted by Gasteiger charge is 2.20. The molecule has 2 aromatic heterocycles. The van der Waals surface area contributed by atoms with Crippen LogP contribution in [0.3, 0.4) is 0 Å². The molecule has 0 aliphatic carbocycles. The summed E-state index contributed by atoms with van der Waals surface area (Å²) in [5.41, 5.74) is 0.688. The van der Waals surface area contributed by atoms with Crippen molar-refractivity contribution in [2.24, 2.45) is 5.14 Å². The molecule has 6 nitrogen and oxygen atoms in total. The van der Waals surface area contributed by atoms with E-state index in [0.717, 1.165) is 4.52 Å². The summed E-state index contributed by atoms with van der Waals surface area (Å²) in [4.78, 5) is 4.00. The molecule has 0 saturated carbocycles. The molecule has 80 valence electrons. The van der Waals surface area contributed by atoms with Gasteiger partial charge in [-0.1, -0.05) is 11.6 Å². The van der Waals surface area contributed by atoms with Crippen molar-refractivity contribution in [3.8, 4) is 0 Å². The van der Waals surface area contributed by atoms with Crippen LogP contribution in [0.25, 0.3) is 5.65 Å². The van der Waals surface area contributed by atoms with Crippen molar-refractivity contribution in [3.05, 3.63) is 23.0 Å². The molecule has 0 spiro atoms. The standard InChI is InChI=1S/C7H7ClN4O2S/c1-4-7(15(9,13)14)12-6(10-4)3-2-5(8)11-12/h2-3H,1H3,(H2,9,13,14). The Labute approximate surface area is 90.7 Å². The van der Waals surface area contributed by atoms with Crippen molar-refractivity contribution in [2.75, 3.05) is 0 Å². The molecule has 0 aliphatic rings. The van der Waals surface area contributed by atoms with Gasteiger partial charge in [-0.15, -0.1) is 0 Å². The number of nitrogens with zero attached hydrogens (tertiary/aromatic N) is 3. The normalized spacial score (nSPS) is 12.2. The SMILES string of the molecule is Cc1nc2ccc(Cl)nn2c1S(N)(=O)=O. The van der Waals surface area contributed by atoms with E-state index in [-0.39, 0.29) is 10.2 Å². The van der Waals surface area contributed by atoms with Crippen LogP contribution in [0.2, 0.25) is 5.15 Å². The number of rotatable bonds is 1. The van der Waals surface area contributed by atoms with Crippen molar-refractivity contribution < 1.29 is 8.42 Å². The number of aryl methyl sites for hydroxylation is 1. The van der Waals surface area contributed by atoms with E-state index in [1.165, 1.54) is 6.07 Å². The van der Waals surface area contributed by atoms with E-state index >= 15 is 0 Å². The minimum absolute atomic E-state index is 0.139. The van der Waals surface area contributed by atoms with Gasteiger partial charge in [0, 0.05) is 0 Å². The zero-order valence-electron chi connectivity index (χ0n) is 7.68. The number of sulfonamides is 1. The van der Waals surface area contributed by atoms with E-state index in [2.05, 4.69) is 10.1 Å². The fourth-order valence-electron chi connectivity index (χ4n) is 1.33. The summed E-state index contributed by atoms with van der Waals surface area (Å²) in [5, 5.41) is 8.90. The Morgan fingerprint density at radius 3 is 2.73 bits per heavy atom. The Balaban J connectivity index is 2.95. The number of imidazole rings is 1. The highest BCUT2D eigenvalue weighted by Crippen LogP contribution is 2.16. The van der Waals surface area contributed by atoms with Gasteiger partial charge in [0.2, 0.25) is 0 Å². The third-order valence-electron chi connectivity index (χ3n) is 1.84. The van der Waals surface area contributed by atoms with Gasteiger partial charge >= 0.3 is 0 Å². The van der Waals surface area contributed by atoms with Gasteiger partial charge in [0.25, 0.3) is 10.0 Å². The average molecular weight is 247 g/mol. The van der Waals surface area contributed by atoms with Gasteiger partial charge in [0.05, 0.1) is 5.69 Å². The molecule has 2 heterocycles. The summed E-state index contributed by atoms with van der Waals surface area (Å²) >= 11 is 5.65. The monoisotopic (exact) mass is 246 g/mol. The van der Waals surface area contributed by atoms with Gasteiger partial charge < -0.3 is 0 Å². The van der Waals surface area contributed by atoms with Crippen LogP contribution in [0.4, 0.5) is 0 Å². The summed E-state index contributed by atoms with van der Waals surface area (Å²) < 4.78 is 23.7. The van der Waals surface area contributed by atoms with E-state index in [1.807, 2.05) is 0 Å². The Kier molecular flexibility index (Phi) is 2.18. The Bertz CT molecular complexity index is 634. The van der Waals surface area contributed by atoms with Gasteiger partial charge in [0.15, 0.2) is 10.7 Å². The molecule has 2 rings (SSSR count). The van der Waals surface area contributed by atoms with Gasteiger partial charge in [-0.25, -0.2) is 18.5 Å². The molecule has 15 heavy (non-hydrogen) atoms. The van der Waals surface area contributed by atoms with Gasteiger partial charge in [0.1, 0.15) is 5.15 Å². The molecule has 0 saturated heterocycles. The molecule has 0 atom stereocenters. The Morgan fingerprint density at radius 1 is 1.47 bits per heavy atom. The minimum atomic E-state index is -3.85. The second kappa shape index (κ2) is 3.16. The largest absolute Gasteiger partial charge is 0.257 e. The lowest BCUT2D eigenvalue weighted by Gasteiger charge is -1.98. The number of hydrogen-bond acceptors (Lipinski definition) is 4. The van der Waals surface area contributed by atoms with E-state index < -0.39 is 10.0 Å². The molecule has 0 unspecified atom stereocenters. The molecular weight excluding hydrogens is 240 g/mol. The first-order chi connectivity index (χ1) is 6.89. The first-order valence-electron chi connectivity index (χ1n) is 3.94. The van der Waals surface area contributed by atoms with Crippen molar-refractivity contribution in [3.63, 3.8) is 0 Å². The lowest BCUT2D eigenvalue weighted by molar-refractivity contribution is 0.589. The third kappa shape index (κ3) is 1.69. The first-order valence-corrected chi connectivity index (χ1v) is 5.87. The highest BCUT2D eigenvalue weighted by molar-refractivity contribution is 7.89. The summed E-state index contributed by atoms with van der Waals surface area (Å²) in [6, 6.07) is 3.09. The smallest absolute Gasteiger partial charge is 0.231 e. The number of halogens is 1. The van der Waals surface area contributed by atoms with E-state index in [4.69, 9.17) is 16.7 Å². The molecule has 2 aromatic rings. The first kappa shape index (κ1) is 10.3. The molecule has 2 N–H and O–H groups in total. The highest BCUT2D eigenvalue weighted by atomic mass is 35.5. The maximum Gasteiger partial charge on any atom is 0.257 e. The summed E-state index contributed by atoms with van der Waals surface area (Å²) in [7, 11) is -3.85. The summed E-state index contributed by atoms with van der Waals surface area (Å²) in [6.45, 7) is 1.54. The van der Waals surface area contributed by atoms with Crippen molar-refractivity contribution in [1.82, 2.24) is 14.6 Å². The van der Waals surface area contributed by atoms with Crippen LogP contribution >= 0.6 is 11.6 Å². The molecular formula is C7H7ClN4O2S. The number of nitrogens with two attached hydrogens (primary N) is 1. The van der Waals surface area contributed by atoms with Crippen LogP contribution < -0.4 is 5.14 Å². The molecule has 0 bridgehead atoms. The van der Waals surface area contributed by atoms with E-state index in [9.17, 15) is 8.42 Å². The fraction of sp³-hybridized carbons (Fsp3) is 0.143. The van der Waals surface area contributed by atoms with E-state index in [1.54, 1.807) is 13.0 Å². The zero-order valence-corrected chi connectivity index (χ0v) is 9.25. The van der Waals surface area contributed by atoms with Gasteiger partial charge in [-0.2, -0.15) is 9.61 Å². The predicted octanol–water partition coefficient (Wildman–Crippen LogP) is 0.339. The van der Waals surface area contributed by atoms with Crippen LogP contribution in [-0.4, -0.2) is 23.0 Å². The average Bonchev–Trinajstić information content (AvgIpc) is 2.38. The number of fused-ring (bicyclic) bond motifs is 1. The maximum absolute atomic E-state index is 11.3. The number of primary sulfonamides is 1. The lowest BCUT2D eigenvalue weighted by Crippen LogP contribution is -2.16. The van der Waals surface area contributed by atoms with Crippen LogP contribution in [0, 0.1) is 6.92 Å². The maximum atomic E-state index is 11.3. The van der Waals surface area contributed by atoms with E-state index in [0.29, 0.717) is 11.3 Å². The predicted molar refractivity (Wildman–Crippen MR) is 54.1 cm³/mol. The zero-order chi connectivity index (χ0) is 11.2. The Hall–Kier alpha value is -1.18. The minimum Gasteiger partial charge on any atom is -0.231 e. The fourth-order valence-corrected chi connectivity index (χ4v) is 2.30. The Morgan fingerprint density at radius 2 is 2.13 bits per heavy atom. The third-order valence-corrected chi connectivity index (χ3v) is 3.05. The molecule has 0 radical (unpaired) electrons. The summed E-state index contributed by atoms with van der Waals surface area (Å²) in [5.74, 6) is 0. The van der Waals surface area contributed by atoms with Gasteiger partial charge in [-0.05, 0) is 19.1 Å². The molecule has 0 fully saturated rings. The molecule has 0 aromatic carbocycles. The van der Waals surface area contributed by atoms with Crippen molar-refractivity contribution >= 4 is 27.3 Å². The van der Waals surface area contributed by atoms with Crippen molar-refractivity contribution in [1.29, 1.82) is 0 Å². The van der Waals surface area contributed by atoms with Crippen molar-refractivity contribution in [2.45, 2.75) is 11.9 Å². The van der Waals surface area contributed by atoms with Crippen LogP contribution in [0.5, 0.6) is 0 Å². The second-order valence-electron chi connectivity index (χ2n) is 2.97. The van der Waals surface area contributed by atoms with Gasteiger partial charge in [-0.3, -0.25) is 0 Å². The molecule has 0 aliphatic heterocycles. The number of aromatic nitrogens is 3. The lowest BCUT2D eigenvalue weighted by atomic mass is 10.6. The van der Waals surface area contributed by atoms with Crippen LogP contribution in [0.15, 0.2) is 17.2 Å². The quantitative estimate of drug-likeness (QED) is 0.786. The second-order valence-corrected chi connectivity index (χ2v) is 4.84. The van der Waals surface area contributed by atoms with Crippen LogP contribution in [-0.2, 0) is 10.0 Å². The van der Waals surface area contributed by atoms with Crippen LogP contribution in [0.1, 0.15) is 5.69 Å². The molecule has 0 amide bonds. The topological polar surface area (TPSA) is 90.3 Å². The number of hydrogen-bond donors (Lipinski definition) is 1. The molecule has 8 heteroatoms.